The van der Waals surface area contributed by atoms with E-state index in [0.717, 1.165) is 0 Å². The first-order valence-corrected chi connectivity index (χ1v) is 6.69. The molecule has 2 aromatic rings. The van der Waals surface area contributed by atoms with Crippen LogP contribution in [0.1, 0.15) is 5.56 Å². The van der Waals surface area contributed by atoms with Gasteiger partial charge in [-0.05, 0) is 36.4 Å². The lowest BCUT2D eigenvalue weighted by molar-refractivity contribution is -0.991. The summed E-state index contributed by atoms with van der Waals surface area (Å²) in [5.41, 5.74) is 6.30. The molecule has 0 aliphatic heterocycles. The van der Waals surface area contributed by atoms with Gasteiger partial charge in [0.1, 0.15) is 11.5 Å². The van der Waals surface area contributed by atoms with Crippen LogP contribution in [-0.4, -0.2) is 24.3 Å². The summed E-state index contributed by atoms with van der Waals surface area (Å²) in [6, 6.07) is 11.9. The summed E-state index contributed by atoms with van der Waals surface area (Å²) < 4.78 is 9.85. The van der Waals surface area contributed by atoms with Crippen LogP contribution in [0.2, 0.25) is 0 Å². The molecular weight excluding hydrogens is 318 g/mol. The molecule has 0 aromatic heterocycles. The molecule has 1 unspecified atom stereocenters. The van der Waals surface area contributed by atoms with Gasteiger partial charge in [0.15, 0.2) is 11.5 Å². The SMILES string of the molecule is COc1ccc(C(N)=NOC(=O)Oc2ccc([NH+]([O-])O)cc2)cc1. The normalized spacial score (nSPS) is 12.4. The lowest BCUT2D eigenvalue weighted by Crippen LogP contribution is -2.99. The Labute approximate surface area is 137 Å². The molecular formula is C15H15N3O6. The number of hydrogen-bond acceptors (Lipinski definition) is 7. The number of carbonyl (C=O) groups is 1. The molecule has 0 spiro atoms. The predicted molar refractivity (Wildman–Crippen MR) is 83.0 cm³/mol. The van der Waals surface area contributed by atoms with E-state index in [9.17, 15) is 10.0 Å². The number of amidine groups is 1. The van der Waals surface area contributed by atoms with Crippen molar-refractivity contribution in [3.05, 3.63) is 59.3 Å². The molecule has 9 nitrogen and oxygen atoms in total. The number of oxime groups is 1. The second kappa shape index (κ2) is 7.92. The van der Waals surface area contributed by atoms with E-state index in [1.165, 1.54) is 31.4 Å². The van der Waals surface area contributed by atoms with Crippen LogP contribution in [0.4, 0.5) is 10.5 Å². The number of nitrogens with one attached hydrogen (secondary N) is 1. The van der Waals surface area contributed by atoms with Crippen LogP contribution >= 0.6 is 0 Å². The molecule has 0 aliphatic carbocycles. The van der Waals surface area contributed by atoms with Gasteiger partial charge in [0.05, 0.1) is 7.11 Å². The van der Waals surface area contributed by atoms with Crippen LogP contribution in [0.15, 0.2) is 53.7 Å². The Hall–Kier alpha value is -3.14. The predicted octanol–water partition coefficient (Wildman–Crippen LogP) is 0.934. The largest absolute Gasteiger partial charge is 0.595 e. The number of quaternary nitrogens is 1. The molecule has 0 amide bonds. The van der Waals surface area contributed by atoms with Crippen LogP contribution < -0.4 is 20.4 Å². The fourth-order valence-electron chi connectivity index (χ4n) is 1.68. The van der Waals surface area contributed by atoms with E-state index in [0.29, 0.717) is 11.3 Å². The molecule has 2 aromatic carbocycles. The fraction of sp³-hybridized carbons (Fsp3) is 0.0667. The summed E-state index contributed by atoms with van der Waals surface area (Å²) in [5.74, 6) is 0.746. The van der Waals surface area contributed by atoms with E-state index < -0.39 is 11.4 Å². The van der Waals surface area contributed by atoms with E-state index in [-0.39, 0.29) is 17.3 Å². The zero-order valence-corrected chi connectivity index (χ0v) is 12.6. The summed E-state index contributed by atoms with van der Waals surface area (Å²) in [5, 5.41) is 21.9. The van der Waals surface area contributed by atoms with Gasteiger partial charge in [0, 0.05) is 17.7 Å². The van der Waals surface area contributed by atoms with Crippen molar-refractivity contribution in [2.45, 2.75) is 0 Å². The van der Waals surface area contributed by atoms with Crippen molar-refractivity contribution < 1.29 is 29.5 Å². The van der Waals surface area contributed by atoms with E-state index >= 15 is 0 Å². The van der Waals surface area contributed by atoms with Crippen LogP contribution in [0.3, 0.4) is 0 Å². The van der Waals surface area contributed by atoms with Crippen LogP contribution in [-0.2, 0) is 4.84 Å². The average molecular weight is 333 g/mol. The molecule has 0 heterocycles. The average Bonchev–Trinajstić information content (AvgIpc) is 2.60. The topological polar surface area (TPSA) is 131 Å². The maximum absolute atomic E-state index is 11.5. The third-order valence-corrected chi connectivity index (χ3v) is 2.91. The minimum atomic E-state index is -1.10. The van der Waals surface area contributed by atoms with Crippen molar-refractivity contribution in [2.24, 2.45) is 10.9 Å². The molecule has 0 fully saturated rings. The third kappa shape index (κ3) is 4.68. The summed E-state index contributed by atoms with van der Waals surface area (Å²) in [6.45, 7) is 0. The van der Waals surface area contributed by atoms with Crippen LogP contribution in [0, 0.1) is 5.21 Å². The highest BCUT2D eigenvalue weighted by molar-refractivity contribution is 5.97. The minimum absolute atomic E-state index is 0.0178. The Morgan fingerprint density at radius 2 is 1.71 bits per heavy atom. The Morgan fingerprint density at radius 3 is 2.25 bits per heavy atom. The van der Waals surface area contributed by atoms with Gasteiger partial charge in [-0.3, -0.25) is 4.84 Å². The number of methoxy groups -OCH3 is 1. The van der Waals surface area contributed by atoms with E-state index in [2.05, 4.69) is 9.99 Å². The smallest absolute Gasteiger partial charge is 0.540 e. The first-order chi connectivity index (χ1) is 11.5. The lowest BCUT2D eigenvalue weighted by atomic mass is 10.2. The number of ether oxygens (including phenoxy) is 2. The fourth-order valence-corrected chi connectivity index (χ4v) is 1.68. The van der Waals surface area contributed by atoms with Crippen LogP contribution in [0.25, 0.3) is 0 Å². The molecule has 2 rings (SSSR count). The number of nitrogens with zero attached hydrogens (tertiary/aromatic N) is 1. The van der Waals surface area contributed by atoms with E-state index in [1.54, 1.807) is 24.3 Å². The van der Waals surface area contributed by atoms with Gasteiger partial charge < -0.3 is 20.4 Å². The van der Waals surface area contributed by atoms with Crippen molar-refractivity contribution in [1.82, 2.24) is 0 Å². The second-order valence-electron chi connectivity index (χ2n) is 4.48. The van der Waals surface area contributed by atoms with Gasteiger partial charge >= 0.3 is 6.16 Å². The van der Waals surface area contributed by atoms with Crippen LogP contribution in [0.5, 0.6) is 11.5 Å². The van der Waals surface area contributed by atoms with Gasteiger partial charge in [-0.1, -0.05) is 5.16 Å². The molecule has 0 saturated carbocycles. The Morgan fingerprint density at radius 1 is 1.12 bits per heavy atom. The first kappa shape index (κ1) is 17.2. The van der Waals surface area contributed by atoms with E-state index in [4.69, 9.17) is 20.4 Å². The van der Waals surface area contributed by atoms with Crippen molar-refractivity contribution in [3.63, 3.8) is 0 Å². The number of nitrogens with two attached hydrogens (primary N) is 1. The first-order valence-electron chi connectivity index (χ1n) is 6.69. The maximum atomic E-state index is 11.5. The summed E-state index contributed by atoms with van der Waals surface area (Å²) >= 11 is 0. The Balaban J connectivity index is 1.93. The summed E-state index contributed by atoms with van der Waals surface area (Å²) in [6.07, 6.45) is -1.10. The van der Waals surface area contributed by atoms with Crippen molar-refractivity contribution in [2.75, 3.05) is 7.11 Å². The molecule has 0 bridgehead atoms. The maximum Gasteiger partial charge on any atom is 0.540 e. The Kier molecular flexibility index (Phi) is 5.68. The van der Waals surface area contributed by atoms with E-state index in [1.807, 2.05) is 0 Å². The Bertz CT molecular complexity index is 713. The highest BCUT2D eigenvalue weighted by Crippen LogP contribution is 2.14. The molecule has 9 heteroatoms. The molecule has 1 atom stereocenters. The monoisotopic (exact) mass is 333 g/mol. The second-order valence-corrected chi connectivity index (χ2v) is 4.48. The molecule has 0 aliphatic rings. The molecule has 24 heavy (non-hydrogen) atoms. The van der Waals surface area contributed by atoms with Gasteiger partial charge in [0.2, 0.25) is 0 Å². The molecule has 4 N–H and O–H groups in total. The minimum Gasteiger partial charge on any atom is -0.595 e. The highest BCUT2D eigenvalue weighted by Gasteiger charge is 2.09. The molecule has 0 radical (unpaired) electrons. The summed E-state index contributed by atoms with van der Waals surface area (Å²) in [7, 11) is 1.54. The van der Waals surface area contributed by atoms with Gasteiger partial charge in [-0.25, -0.2) is 10.0 Å². The number of rotatable bonds is 5. The van der Waals surface area contributed by atoms with Gasteiger partial charge in [-0.2, -0.15) is 5.23 Å². The molecule has 126 valence electrons. The number of benzene rings is 2. The zero-order valence-electron chi connectivity index (χ0n) is 12.6. The van der Waals surface area contributed by atoms with Crippen molar-refractivity contribution in [1.29, 1.82) is 0 Å². The van der Waals surface area contributed by atoms with Crippen molar-refractivity contribution >= 4 is 17.7 Å². The van der Waals surface area contributed by atoms with Crippen molar-refractivity contribution in [3.8, 4) is 11.5 Å². The molecule has 0 saturated heterocycles. The third-order valence-electron chi connectivity index (χ3n) is 2.91. The quantitative estimate of drug-likeness (QED) is 0.185. The highest BCUT2D eigenvalue weighted by atomic mass is 16.8. The lowest BCUT2D eigenvalue weighted by Gasteiger charge is -2.11. The summed E-state index contributed by atoms with van der Waals surface area (Å²) in [4.78, 5) is 16.1. The van der Waals surface area contributed by atoms with Gasteiger partial charge in [0.25, 0.3) is 0 Å². The standard InChI is InChI=1S/C15H15N3O6/c1-22-12-6-2-10(3-7-12)14(16)17-24-15(19)23-13-8-4-11(5-9-13)18(20)21/h2-9,18,20H,1H3,(H2,16,17). The number of hydrogen-bond donors (Lipinski definition) is 3. The van der Waals surface area contributed by atoms with Gasteiger partial charge in [-0.15, -0.1) is 0 Å². The zero-order chi connectivity index (χ0) is 17.5. The number of carbonyl (C=O) groups excluding carboxylic acids is 1.